The van der Waals surface area contributed by atoms with Crippen molar-refractivity contribution >= 4 is 5.91 Å². The SMILES string of the molecule is O=C(NCCCn1ccnn1)c1ncccc1O. The lowest BCUT2D eigenvalue weighted by molar-refractivity contribution is 0.0944. The Balaban J connectivity index is 1.77. The molecule has 1 amide bonds. The molecule has 0 saturated heterocycles. The standard InChI is InChI=1S/C11H13N5O2/c17-9-3-1-4-12-10(9)11(18)13-5-2-7-16-8-6-14-15-16/h1,3-4,6,8,17H,2,5,7H2,(H,13,18). The molecule has 0 bridgehead atoms. The zero-order valence-corrected chi connectivity index (χ0v) is 9.65. The number of aromatic hydroxyl groups is 1. The molecule has 0 unspecified atom stereocenters. The minimum Gasteiger partial charge on any atom is -0.505 e. The molecule has 2 aromatic heterocycles. The van der Waals surface area contributed by atoms with Crippen LogP contribution in [0.5, 0.6) is 5.75 Å². The summed E-state index contributed by atoms with van der Waals surface area (Å²) in [5, 5.41) is 19.6. The van der Waals surface area contributed by atoms with Gasteiger partial charge in [0, 0.05) is 25.5 Å². The minimum atomic E-state index is -0.383. The van der Waals surface area contributed by atoms with Crippen molar-refractivity contribution in [2.24, 2.45) is 0 Å². The van der Waals surface area contributed by atoms with Crippen LogP contribution in [0.2, 0.25) is 0 Å². The molecule has 94 valence electrons. The van der Waals surface area contributed by atoms with Crippen LogP contribution in [0.3, 0.4) is 0 Å². The van der Waals surface area contributed by atoms with Gasteiger partial charge in [-0.15, -0.1) is 5.10 Å². The predicted octanol–water partition coefficient (Wildman–Crippen LogP) is 0.199. The molecule has 0 spiro atoms. The van der Waals surface area contributed by atoms with Gasteiger partial charge in [0.05, 0.1) is 6.20 Å². The summed E-state index contributed by atoms with van der Waals surface area (Å²) < 4.78 is 1.68. The van der Waals surface area contributed by atoms with E-state index in [0.29, 0.717) is 13.1 Å². The van der Waals surface area contributed by atoms with E-state index in [4.69, 9.17) is 0 Å². The van der Waals surface area contributed by atoms with Crippen LogP contribution in [0.1, 0.15) is 16.9 Å². The van der Waals surface area contributed by atoms with E-state index >= 15 is 0 Å². The maximum Gasteiger partial charge on any atom is 0.273 e. The summed E-state index contributed by atoms with van der Waals surface area (Å²) >= 11 is 0. The molecule has 2 N–H and O–H groups in total. The van der Waals surface area contributed by atoms with Gasteiger partial charge >= 0.3 is 0 Å². The first-order valence-electron chi connectivity index (χ1n) is 5.53. The van der Waals surface area contributed by atoms with Crippen molar-refractivity contribution in [3.05, 3.63) is 36.4 Å². The Kier molecular flexibility index (Phi) is 3.85. The van der Waals surface area contributed by atoms with Crippen LogP contribution in [0.15, 0.2) is 30.7 Å². The highest BCUT2D eigenvalue weighted by atomic mass is 16.3. The molecule has 7 heteroatoms. The molecular weight excluding hydrogens is 234 g/mol. The molecule has 0 aliphatic carbocycles. The van der Waals surface area contributed by atoms with E-state index < -0.39 is 0 Å². The van der Waals surface area contributed by atoms with E-state index in [1.807, 2.05) is 0 Å². The smallest absolute Gasteiger partial charge is 0.273 e. The molecule has 0 atom stereocenters. The Morgan fingerprint density at radius 1 is 1.44 bits per heavy atom. The summed E-state index contributed by atoms with van der Waals surface area (Å²) in [5.74, 6) is -0.502. The summed E-state index contributed by atoms with van der Waals surface area (Å²) in [6.07, 6.45) is 5.55. The van der Waals surface area contributed by atoms with Crippen molar-refractivity contribution < 1.29 is 9.90 Å². The van der Waals surface area contributed by atoms with Crippen LogP contribution in [0.4, 0.5) is 0 Å². The predicted molar refractivity (Wildman–Crippen MR) is 62.9 cm³/mol. The molecule has 2 aromatic rings. The Bertz CT molecular complexity index is 512. The number of nitrogens with one attached hydrogen (secondary N) is 1. The van der Waals surface area contributed by atoms with Gasteiger partial charge in [-0.3, -0.25) is 9.48 Å². The lowest BCUT2D eigenvalue weighted by atomic mass is 10.3. The molecule has 0 aromatic carbocycles. The number of nitrogens with zero attached hydrogens (tertiary/aromatic N) is 4. The lowest BCUT2D eigenvalue weighted by Crippen LogP contribution is -2.26. The number of amides is 1. The number of carbonyl (C=O) groups excluding carboxylic acids is 1. The summed E-state index contributed by atoms with van der Waals surface area (Å²) in [6, 6.07) is 2.99. The van der Waals surface area contributed by atoms with E-state index in [1.165, 1.54) is 12.3 Å². The third-order valence-corrected chi connectivity index (χ3v) is 2.32. The second kappa shape index (κ2) is 5.76. The normalized spacial score (nSPS) is 10.2. The molecule has 0 saturated carbocycles. The number of hydrogen-bond acceptors (Lipinski definition) is 5. The van der Waals surface area contributed by atoms with Gasteiger partial charge in [0.1, 0.15) is 5.75 Å². The van der Waals surface area contributed by atoms with Crippen molar-refractivity contribution in [3.63, 3.8) is 0 Å². The van der Waals surface area contributed by atoms with Crippen LogP contribution < -0.4 is 5.32 Å². The third kappa shape index (κ3) is 3.03. The number of rotatable bonds is 5. The minimum absolute atomic E-state index is 0.0401. The third-order valence-electron chi connectivity index (χ3n) is 2.32. The lowest BCUT2D eigenvalue weighted by Gasteiger charge is -2.05. The second-order valence-electron chi connectivity index (χ2n) is 3.65. The topological polar surface area (TPSA) is 92.9 Å². The number of hydrogen-bond donors (Lipinski definition) is 2. The first-order valence-corrected chi connectivity index (χ1v) is 5.53. The van der Waals surface area contributed by atoms with E-state index in [1.54, 1.807) is 23.1 Å². The van der Waals surface area contributed by atoms with E-state index in [0.717, 1.165) is 6.42 Å². The van der Waals surface area contributed by atoms with Crippen molar-refractivity contribution in [2.45, 2.75) is 13.0 Å². The van der Waals surface area contributed by atoms with Gasteiger partial charge < -0.3 is 10.4 Å². The first-order chi connectivity index (χ1) is 8.77. The maximum absolute atomic E-state index is 11.7. The van der Waals surface area contributed by atoms with Crippen LogP contribution in [0, 0.1) is 0 Å². The van der Waals surface area contributed by atoms with Crippen LogP contribution in [-0.2, 0) is 6.54 Å². The van der Waals surface area contributed by atoms with Gasteiger partial charge in [-0.2, -0.15) is 0 Å². The number of aromatic nitrogens is 4. The highest BCUT2D eigenvalue weighted by Crippen LogP contribution is 2.11. The summed E-state index contributed by atoms with van der Waals surface area (Å²) in [6.45, 7) is 1.16. The Labute approximate surface area is 103 Å². The zero-order valence-electron chi connectivity index (χ0n) is 9.65. The average molecular weight is 247 g/mol. The summed E-state index contributed by atoms with van der Waals surface area (Å²) in [7, 11) is 0. The fourth-order valence-electron chi connectivity index (χ4n) is 1.45. The Morgan fingerprint density at radius 2 is 2.33 bits per heavy atom. The fourth-order valence-corrected chi connectivity index (χ4v) is 1.45. The number of pyridine rings is 1. The Morgan fingerprint density at radius 3 is 3.06 bits per heavy atom. The largest absolute Gasteiger partial charge is 0.505 e. The van der Waals surface area contributed by atoms with Crippen LogP contribution in [-0.4, -0.2) is 37.5 Å². The molecule has 0 aliphatic rings. The quantitative estimate of drug-likeness (QED) is 0.736. The molecule has 18 heavy (non-hydrogen) atoms. The highest BCUT2D eigenvalue weighted by molar-refractivity contribution is 5.94. The van der Waals surface area contributed by atoms with Gasteiger partial charge in [-0.1, -0.05) is 5.21 Å². The van der Waals surface area contributed by atoms with Gasteiger partial charge in [-0.05, 0) is 18.6 Å². The van der Waals surface area contributed by atoms with Gasteiger partial charge in [-0.25, -0.2) is 4.98 Å². The fraction of sp³-hybridized carbons (Fsp3) is 0.273. The molecular formula is C11H13N5O2. The molecule has 0 aliphatic heterocycles. The number of carbonyl (C=O) groups is 1. The highest BCUT2D eigenvalue weighted by Gasteiger charge is 2.10. The van der Waals surface area contributed by atoms with Crippen molar-refractivity contribution in [1.29, 1.82) is 0 Å². The van der Waals surface area contributed by atoms with Crippen LogP contribution >= 0.6 is 0 Å². The van der Waals surface area contributed by atoms with Gasteiger partial charge in [0.15, 0.2) is 5.69 Å². The molecule has 0 fully saturated rings. The summed E-state index contributed by atoms with van der Waals surface area (Å²) in [4.78, 5) is 15.5. The van der Waals surface area contributed by atoms with Crippen LogP contribution in [0.25, 0.3) is 0 Å². The average Bonchev–Trinajstić information content (AvgIpc) is 2.88. The molecule has 7 nitrogen and oxygen atoms in total. The first kappa shape index (κ1) is 12.0. The molecule has 0 radical (unpaired) electrons. The van der Waals surface area contributed by atoms with Crippen molar-refractivity contribution in [1.82, 2.24) is 25.3 Å². The second-order valence-corrected chi connectivity index (χ2v) is 3.65. The van der Waals surface area contributed by atoms with Crippen molar-refractivity contribution in [2.75, 3.05) is 6.54 Å². The monoisotopic (exact) mass is 247 g/mol. The molecule has 2 heterocycles. The van der Waals surface area contributed by atoms with Gasteiger partial charge in [0.25, 0.3) is 5.91 Å². The number of aryl methyl sites for hydroxylation is 1. The van der Waals surface area contributed by atoms with Crippen molar-refractivity contribution in [3.8, 4) is 5.75 Å². The molecule has 2 rings (SSSR count). The van der Waals surface area contributed by atoms with Gasteiger partial charge in [0.2, 0.25) is 0 Å². The van der Waals surface area contributed by atoms with E-state index in [-0.39, 0.29) is 17.4 Å². The zero-order chi connectivity index (χ0) is 12.8. The maximum atomic E-state index is 11.7. The Hall–Kier alpha value is -2.44. The van der Waals surface area contributed by atoms with E-state index in [9.17, 15) is 9.90 Å². The van der Waals surface area contributed by atoms with E-state index in [2.05, 4.69) is 20.6 Å². The summed E-state index contributed by atoms with van der Waals surface area (Å²) in [5.41, 5.74) is 0.0401.